The number of hydrogen-bond donors (Lipinski definition) is 1. The third kappa shape index (κ3) is 6.14. The van der Waals surface area contributed by atoms with E-state index in [4.69, 9.17) is 9.47 Å². The van der Waals surface area contributed by atoms with Gasteiger partial charge in [0.25, 0.3) is 0 Å². The molecule has 6 heteroatoms. The zero-order valence-corrected chi connectivity index (χ0v) is 12.9. The van der Waals surface area contributed by atoms with Crippen LogP contribution >= 0.6 is 0 Å². The van der Waals surface area contributed by atoms with Gasteiger partial charge in [-0.3, -0.25) is 4.79 Å². The molecular formula is C15H25NO5. The topological polar surface area (TPSA) is 81.7 Å². The number of hydrogen-bond acceptors (Lipinski definition) is 5. The molecule has 21 heavy (non-hydrogen) atoms. The summed E-state index contributed by atoms with van der Waals surface area (Å²) in [6, 6.07) is -1.36. The van der Waals surface area contributed by atoms with E-state index in [0.29, 0.717) is 12.3 Å². The first-order valence-electron chi connectivity index (χ1n) is 7.71. The smallest absolute Gasteiger partial charge is 0.340 e. The molecule has 0 spiro atoms. The molecule has 0 atom stereocenters. The van der Waals surface area contributed by atoms with E-state index in [-0.39, 0.29) is 19.1 Å². The Morgan fingerprint density at radius 1 is 1.00 bits per heavy atom. The highest BCUT2D eigenvalue weighted by Gasteiger charge is 2.31. The van der Waals surface area contributed by atoms with E-state index in [1.54, 1.807) is 13.8 Å². The third-order valence-corrected chi connectivity index (χ3v) is 3.55. The molecule has 1 aliphatic rings. The van der Waals surface area contributed by atoms with E-state index in [2.05, 4.69) is 5.32 Å². The highest BCUT2D eigenvalue weighted by atomic mass is 16.6. The number of ether oxygens (including phenoxy) is 2. The summed E-state index contributed by atoms with van der Waals surface area (Å²) < 4.78 is 9.62. The first-order valence-corrected chi connectivity index (χ1v) is 7.71. The van der Waals surface area contributed by atoms with Crippen molar-refractivity contribution in [3.8, 4) is 0 Å². The first-order chi connectivity index (χ1) is 10.1. The lowest BCUT2D eigenvalue weighted by molar-refractivity contribution is -0.159. The fourth-order valence-electron chi connectivity index (χ4n) is 2.54. The fourth-order valence-corrected chi connectivity index (χ4v) is 2.54. The van der Waals surface area contributed by atoms with Crippen LogP contribution in [0.1, 0.15) is 52.4 Å². The number of amides is 1. The molecule has 1 amide bonds. The normalized spacial score (nSPS) is 15.6. The molecule has 1 N–H and O–H groups in total. The molecule has 0 bridgehead atoms. The average Bonchev–Trinajstić information content (AvgIpc) is 2.46. The molecule has 1 aliphatic carbocycles. The predicted molar refractivity (Wildman–Crippen MR) is 76.4 cm³/mol. The van der Waals surface area contributed by atoms with Gasteiger partial charge in [0.15, 0.2) is 0 Å². The molecule has 0 radical (unpaired) electrons. The van der Waals surface area contributed by atoms with Gasteiger partial charge in [-0.25, -0.2) is 9.59 Å². The second kappa shape index (κ2) is 9.37. The molecule has 0 heterocycles. The summed E-state index contributed by atoms with van der Waals surface area (Å²) in [5, 5.41) is 2.45. The summed E-state index contributed by atoms with van der Waals surface area (Å²) in [5.74, 6) is -1.50. The van der Waals surface area contributed by atoms with E-state index >= 15 is 0 Å². The minimum atomic E-state index is -1.36. The number of nitrogens with one attached hydrogen (secondary N) is 1. The zero-order valence-electron chi connectivity index (χ0n) is 12.9. The number of carbonyl (C=O) groups is 3. The second-order valence-corrected chi connectivity index (χ2v) is 5.21. The summed E-state index contributed by atoms with van der Waals surface area (Å²) >= 11 is 0. The van der Waals surface area contributed by atoms with Crippen LogP contribution in [0.4, 0.5) is 0 Å². The minimum absolute atomic E-state index is 0.146. The molecule has 1 saturated carbocycles. The van der Waals surface area contributed by atoms with Crippen molar-refractivity contribution in [1.82, 2.24) is 5.32 Å². The molecule has 6 nitrogen and oxygen atoms in total. The molecule has 0 aromatic heterocycles. The lowest BCUT2D eigenvalue weighted by atomic mass is 9.87. The number of carbonyl (C=O) groups excluding carboxylic acids is 3. The van der Waals surface area contributed by atoms with Crippen LogP contribution < -0.4 is 5.32 Å². The predicted octanol–water partition coefficient (Wildman–Crippen LogP) is 1.57. The van der Waals surface area contributed by atoms with Crippen molar-refractivity contribution in [3.63, 3.8) is 0 Å². The van der Waals surface area contributed by atoms with Crippen molar-refractivity contribution >= 4 is 17.8 Å². The molecule has 0 aromatic carbocycles. The van der Waals surface area contributed by atoms with E-state index in [9.17, 15) is 14.4 Å². The van der Waals surface area contributed by atoms with Gasteiger partial charge in [0.2, 0.25) is 11.9 Å². The summed E-state index contributed by atoms with van der Waals surface area (Å²) in [4.78, 5) is 35.5. The van der Waals surface area contributed by atoms with E-state index < -0.39 is 18.0 Å². The highest BCUT2D eigenvalue weighted by Crippen LogP contribution is 2.26. The average molecular weight is 299 g/mol. The number of esters is 2. The summed E-state index contributed by atoms with van der Waals surface area (Å²) in [7, 11) is 0. The van der Waals surface area contributed by atoms with Crippen molar-refractivity contribution in [2.24, 2.45) is 5.92 Å². The molecular weight excluding hydrogens is 274 g/mol. The fraction of sp³-hybridized carbons (Fsp3) is 0.800. The van der Waals surface area contributed by atoms with Gasteiger partial charge in [0.1, 0.15) is 0 Å². The molecule has 0 saturated heterocycles. The molecule has 0 aromatic rings. The van der Waals surface area contributed by atoms with Crippen molar-refractivity contribution < 1.29 is 23.9 Å². The second-order valence-electron chi connectivity index (χ2n) is 5.21. The van der Waals surface area contributed by atoms with E-state index in [1.165, 1.54) is 6.42 Å². The van der Waals surface area contributed by atoms with Crippen LogP contribution in [0.5, 0.6) is 0 Å². The molecule has 0 unspecified atom stereocenters. The van der Waals surface area contributed by atoms with Gasteiger partial charge >= 0.3 is 11.9 Å². The van der Waals surface area contributed by atoms with Crippen LogP contribution in [-0.2, 0) is 23.9 Å². The maximum absolute atomic E-state index is 12.0. The Morgan fingerprint density at radius 2 is 1.52 bits per heavy atom. The van der Waals surface area contributed by atoms with Crippen molar-refractivity contribution in [2.45, 2.75) is 58.4 Å². The van der Waals surface area contributed by atoms with Crippen LogP contribution in [0.2, 0.25) is 0 Å². The van der Waals surface area contributed by atoms with Crippen molar-refractivity contribution in [1.29, 1.82) is 0 Å². The lowest BCUT2D eigenvalue weighted by Crippen LogP contribution is -2.48. The Kier molecular flexibility index (Phi) is 7.79. The Hall–Kier alpha value is -1.59. The highest BCUT2D eigenvalue weighted by molar-refractivity contribution is 6.02. The first kappa shape index (κ1) is 17.5. The van der Waals surface area contributed by atoms with Crippen LogP contribution in [0, 0.1) is 5.92 Å². The minimum Gasteiger partial charge on any atom is -0.464 e. The monoisotopic (exact) mass is 299 g/mol. The Morgan fingerprint density at radius 3 is 2.00 bits per heavy atom. The molecule has 0 aliphatic heterocycles. The standard InChI is InChI=1S/C15H25NO5/c1-3-20-14(18)13(15(19)21-4-2)16-12(17)10-11-8-6-5-7-9-11/h11,13H,3-10H2,1-2H3,(H,16,17). The van der Waals surface area contributed by atoms with Gasteiger partial charge in [-0.05, 0) is 32.6 Å². The Labute approximate surface area is 125 Å². The van der Waals surface area contributed by atoms with Gasteiger partial charge in [0.05, 0.1) is 13.2 Å². The largest absolute Gasteiger partial charge is 0.464 e. The van der Waals surface area contributed by atoms with E-state index in [0.717, 1.165) is 25.7 Å². The van der Waals surface area contributed by atoms with Crippen molar-refractivity contribution in [2.75, 3.05) is 13.2 Å². The lowest BCUT2D eigenvalue weighted by Gasteiger charge is -2.22. The maximum atomic E-state index is 12.0. The van der Waals surface area contributed by atoms with Crippen LogP contribution in [0.3, 0.4) is 0 Å². The maximum Gasteiger partial charge on any atom is 0.340 e. The van der Waals surface area contributed by atoms with Gasteiger partial charge in [-0.1, -0.05) is 19.3 Å². The Bertz CT molecular complexity index is 345. The van der Waals surface area contributed by atoms with E-state index in [1.807, 2.05) is 0 Å². The SMILES string of the molecule is CCOC(=O)C(NC(=O)CC1CCCCC1)C(=O)OCC. The zero-order chi connectivity index (χ0) is 15.7. The summed E-state index contributed by atoms with van der Waals surface area (Å²) in [6.45, 7) is 3.58. The molecule has 120 valence electrons. The molecule has 1 rings (SSSR count). The van der Waals surface area contributed by atoms with Gasteiger partial charge < -0.3 is 14.8 Å². The number of rotatable bonds is 7. The van der Waals surface area contributed by atoms with Gasteiger partial charge in [-0.2, -0.15) is 0 Å². The molecule has 1 fully saturated rings. The van der Waals surface area contributed by atoms with Crippen LogP contribution in [0.15, 0.2) is 0 Å². The van der Waals surface area contributed by atoms with Crippen LogP contribution in [-0.4, -0.2) is 37.1 Å². The van der Waals surface area contributed by atoms with Gasteiger partial charge in [-0.15, -0.1) is 0 Å². The van der Waals surface area contributed by atoms with Gasteiger partial charge in [0, 0.05) is 6.42 Å². The van der Waals surface area contributed by atoms with Crippen LogP contribution in [0.25, 0.3) is 0 Å². The summed E-state index contributed by atoms with van der Waals surface area (Å²) in [5.41, 5.74) is 0. The summed E-state index contributed by atoms with van der Waals surface area (Å²) in [6.07, 6.45) is 5.88. The van der Waals surface area contributed by atoms with Crippen molar-refractivity contribution in [3.05, 3.63) is 0 Å². The Balaban J connectivity index is 2.55. The third-order valence-electron chi connectivity index (χ3n) is 3.55. The quantitative estimate of drug-likeness (QED) is 0.570.